The largest absolute Gasteiger partial charge is 0.375 e. The topological polar surface area (TPSA) is 29.5 Å². The average molecular weight is 414 g/mol. The van der Waals surface area contributed by atoms with Gasteiger partial charge in [0.25, 0.3) is 0 Å². The Bertz CT molecular complexity index is 807. The van der Waals surface area contributed by atoms with E-state index >= 15 is 0 Å². The Morgan fingerprint density at radius 1 is 1.14 bits per heavy atom. The number of nitrogens with zero attached hydrogens (tertiary/aromatic N) is 1. The third-order valence-corrected chi connectivity index (χ3v) is 6.72. The molecule has 29 heavy (non-hydrogen) atoms. The van der Waals surface area contributed by atoms with Crippen LogP contribution in [0.15, 0.2) is 54.6 Å². The highest BCUT2D eigenvalue weighted by Crippen LogP contribution is 2.45. The van der Waals surface area contributed by atoms with Crippen molar-refractivity contribution in [2.24, 2.45) is 0 Å². The van der Waals surface area contributed by atoms with Gasteiger partial charge in [-0.25, -0.2) is 0 Å². The van der Waals surface area contributed by atoms with E-state index in [0.717, 1.165) is 44.4 Å². The zero-order valence-electron chi connectivity index (χ0n) is 17.8. The fraction of sp³-hybridized carbons (Fsp3) is 0.480. The second-order valence-electron chi connectivity index (χ2n) is 8.54. The summed E-state index contributed by atoms with van der Waals surface area (Å²) in [6.45, 7) is 8.18. The zero-order chi connectivity index (χ0) is 20.9. The van der Waals surface area contributed by atoms with Gasteiger partial charge in [0.05, 0.1) is 5.60 Å². The van der Waals surface area contributed by atoms with Crippen molar-refractivity contribution in [1.82, 2.24) is 4.90 Å². The SMILES string of the molecule is CC[C@]1(C)C[C@@](CCN(Cc2ccc(Cl)cc2)C(C)=O)(c2ccccc2)CCO1. The Labute approximate surface area is 180 Å². The van der Waals surface area contributed by atoms with E-state index in [1.165, 1.54) is 5.56 Å². The second kappa shape index (κ2) is 9.32. The zero-order valence-corrected chi connectivity index (χ0v) is 18.5. The Morgan fingerprint density at radius 2 is 1.83 bits per heavy atom. The minimum absolute atomic E-state index is 0.0258. The molecule has 0 spiro atoms. The number of carbonyl (C=O) groups excluding carboxylic acids is 1. The lowest BCUT2D eigenvalue weighted by atomic mass is 9.66. The van der Waals surface area contributed by atoms with Crippen LogP contribution in [0.5, 0.6) is 0 Å². The molecule has 1 aliphatic heterocycles. The van der Waals surface area contributed by atoms with E-state index in [-0.39, 0.29) is 16.9 Å². The monoisotopic (exact) mass is 413 g/mol. The third-order valence-electron chi connectivity index (χ3n) is 6.47. The van der Waals surface area contributed by atoms with Crippen molar-refractivity contribution in [2.45, 2.75) is 64.0 Å². The minimum atomic E-state index is -0.120. The second-order valence-corrected chi connectivity index (χ2v) is 8.98. The molecule has 0 unspecified atom stereocenters. The highest BCUT2D eigenvalue weighted by molar-refractivity contribution is 6.30. The van der Waals surface area contributed by atoms with Crippen LogP contribution in [0.1, 0.15) is 57.6 Å². The van der Waals surface area contributed by atoms with Gasteiger partial charge in [0, 0.05) is 37.1 Å². The number of rotatable bonds is 7. The third kappa shape index (κ3) is 5.40. The number of halogens is 1. The van der Waals surface area contributed by atoms with Crippen molar-refractivity contribution >= 4 is 17.5 Å². The fourth-order valence-corrected chi connectivity index (χ4v) is 4.60. The van der Waals surface area contributed by atoms with Gasteiger partial charge in [-0.05, 0) is 55.9 Å². The molecular formula is C25H32ClNO2. The summed E-state index contributed by atoms with van der Waals surface area (Å²) in [6, 6.07) is 18.5. The number of hydrogen-bond acceptors (Lipinski definition) is 2. The lowest BCUT2D eigenvalue weighted by Gasteiger charge is -2.47. The molecular weight excluding hydrogens is 382 g/mol. The summed E-state index contributed by atoms with van der Waals surface area (Å²) in [5.41, 5.74) is 2.37. The minimum Gasteiger partial charge on any atom is -0.375 e. The summed E-state index contributed by atoms with van der Waals surface area (Å²) in [7, 11) is 0. The van der Waals surface area contributed by atoms with E-state index in [1.807, 2.05) is 29.2 Å². The van der Waals surface area contributed by atoms with Crippen molar-refractivity contribution in [2.75, 3.05) is 13.2 Å². The van der Waals surface area contributed by atoms with Gasteiger partial charge in [0.2, 0.25) is 5.91 Å². The van der Waals surface area contributed by atoms with Crippen LogP contribution >= 0.6 is 11.6 Å². The molecule has 0 radical (unpaired) electrons. The first-order chi connectivity index (χ1) is 13.9. The number of hydrogen-bond donors (Lipinski definition) is 0. The number of ether oxygens (including phenoxy) is 1. The molecule has 2 aromatic carbocycles. The number of amides is 1. The maximum absolute atomic E-state index is 12.4. The quantitative estimate of drug-likeness (QED) is 0.557. The van der Waals surface area contributed by atoms with Crippen molar-refractivity contribution in [3.8, 4) is 0 Å². The molecule has 1 saturated heterocycles. The molecule has 2 aromatic rings. The van der Waals surface area contributed by atoms with E-state index in [4.69, 9.17) is 16.3 Å². The molecule has 1 heterocycles. The molecule has 1 aliphatic rings. The van der Waals surface area contributed by atoms with Crippen LogP contribution in [0.2, 0.25) is 5.02 Å². The van der Waals surface area contributed by atoms with E-state index in [9.17, 15) is 4.79 Å². The predicted octanol–water partition coefficient (Wildman–Crippen LogP) is 6.00. The molecule has 0 aliphatic carbocycles. The van der Waals surface area contributed by atoms with Crippen LogP contribution in [0, 0.1) is 0 Å². The highest BCUT2D eigenvalue weighted by Gasteiger charge is 2.43. The molecule has 3 rings (SSSR count). The lowest BCUT2D eigenvalue weighted by Crippen LogP contribution is -2.47. The van der Waals surface area contributed by atoms with Crippen molar-refractivity contribution in [3.05, 3.63) is 70.7 Å². The molecule has 0 bridgehead atoms. The molecule has 2 atom stereocenters. The fourth-order valence-electron chi connectivity index (χ4n) is 4.48. The summed E-state index contributed by atoms with van der Waals surface area (Å²) in [5, 5.41) is 0.715. The van der Waals surface area contributed by atoms with Gasteiger partial charge >= 0.3 is 0 Å². The standard InChI is InChI=1S/C25H32ClNO2/c1-4-24(3)19-25(15-17-29-24,22-8-6-5-7-9-22)14-16-27(20(2)28)18-21-10-12-23(26)13-11-21/h5-13H,4,14-19H2,1-3H3/t24-,25+/m1/s1. The van der Waals surface area contributed by atoms with Crippen LogP contribution in [0.4, 0.5) is 0 Å². The molecule has 156 valence electrons. The first-order valence-corrected chi connectivity index (χ1v) is 10.9. The van der Waals surface area contributed by atoms with Crippen LogP contribution in [-0.4, -0.2) is 29.6 Å². The van der Waals surface area contributed by atoms with Crippen molar-refractivity contribution < 1.29 is 9.53 Å². The Hall–Kier alpha value is -1.84. The Balaban J connectivity index is 1.81. The van der Waals surface area contributed by atoms with Gasteiger partial charge in [-0.15, -0.1) is 0 Å². The first-order valence-electron chi connectivity index (χ1n) is 10.6. The maximum Gasteiger partial charge on any atom is 0.219 e. The molecule has 4 heteroatoms. The summed E-state index contributed by atoms with van der Waals surface area (Å²) >= 11 is 6.01. The van der Waals surface area contributed by atoms with Gasteiger partial charge in [0.15, 0.2) is 0 Å². The smallest absolute Gasteiger partial charge is 0.219 e. The van der Waals surface area contributed by atoms with Gasteiger partial charge in [-0.1, -0.05) is 61.0 Å². The summed E-state index contributed by atoms with van der Waals surface area (Å²) in [6.07, 6.45) is 3.89. The molecule has 0 aromatic heterocycles. The van der Waals surface area contributed by atoms with Crippen LogP contribution < -0.4 is 0 Å². The van der Waals surface area contributed by atoms with Crippen LogP contribution in [-0.2, 0) is 21.5 Å². The normalized spacial score (nSPS) is 24.3. The molecule has 0 N–H and O–H groups in total. The summed E-state index contributed by atoms with van der Waals surface area (Å²) < 4.78 is 6.16. The highest BCUT2D eigenvalue weighted by atomic mass is 35.5. The van der Waals surface area contributed by atoms with Gasteiger partial charge in [-0.3, -0.25) is 4.79 Å². The van der Waals surface area contributed by atoms with Gasteiger partial charge < -0.3 is 9.64 Å². The molecule has 1 fully saturated rings. The van der Waals surface area contributed by atoms with E-state index in [2.05, 4.69) is 44.2 Å². The van der Waals surface area contributed by atoms with Crippen LogP contribution in [0.3, 0.4) is 0 Å². The van der Waals surface area contributed by atoms with Crippen molar-refractivity contribution in [3.63, 3.8) is 0 Å². The Kier molecular flexibility index (Phi) is 7.02. The van der Waals surface area contributed by atoms with E-state index < -0.39 is 0 Å². The number of benzene rings is 2. The molecule has 0 saturated carbocycles. The first kappa shape index (κ1) is 21.9. The van der Waals surface area contributed by atoms with E-state index in [0.29, 0.717) is 11.6 Å². The van der Waals surface area contributed by atoms with Gasteiger partial charge in [0.1, 0.15) is 0 Å². The lowest BCUT2D eigenvalue weighted by molar-refractivity contribution is -0.130. The average Bonchev–Trinajstić information content (AvgIpc) is 2.73. The van der Waals surface area contributed by atoms with E-state index in [1.54, 1.807) is 6.92 Å². The molecule has 1 amide bonds. The predicted molar refractivity (Wildman–Crippen MR) is 119 cm³/mol. The van der Waals surface area contributed by atoms with Crippen molar-refractivity contribution in [1.29, 1.82) is 0 Å². The van der Waals surface area contributed by atoms with Gasteiger partial charge in [-0.2, -0.15) is 0 Å². The Morgan fingerprint density at radius 3 is 2.45 bits per heavy atom. The summed E-state index contributed by atoms with van der Waals surface area (Å²) in [4.78, 5) is 14.3. The summed E-state index contributed by atoms with van der Waals surface area (Å²) in [5.74, 6) is 0.105. The molecule has 3 nitrogen and oxygen atoms in total. The number of carbonyl (C=O) groups is 1. The van der Waals surface area contributed by atoms with Crippen LogP contribution in [0.25, 0.3) is 0 Å². The maximum atomic E-state index is 12.4.